The van der Waals surface area contributed by atoms with Gasteiger partial charge in [0.25, 0.3) is 0 Å². The average Bonchev–Trinajstić information content (AvgIpc) is 3.10. The zero-order chi connectivity index (χ0) is 23.5. The SMILES string of the molecule is COC(=O)/C=C/c1ccc(CCCCNCCc2c(C)nn(CC3CCOCC3)c2C)cc1. The predicted molar refractivity (Wildman–Crippen MR) is 132 cm³/mol. The largest absolute Gasteiger partial charge is 0.466 e. The molecular weight excluding hydrogens is 414 g/mol. The Morgan fingerprint density at radius 3 is 2.64 bits per heavy atom. The third kappa shape index (κ3) is 8.13. The van der Waals surface area contributed by atoms with Crippen LogP contribution < -0.4 is 5.32 Å². The average molecular weight is 454 g/mol. The van der Waals surface area contributed by atoms with E-state index in [1.807, 2.05) is 12.1 Å². The molecule has 6 nitrogen and oxygen atoms in total. The van der Waals surface area contributed by atoms with Gasteiger partial charge in [0.1, 0.15) is 0 Å². The molecule has 6 heteroatoms. The summed E-state index contributed by atoms with van der Waals surface area (Å²) in [6, 6.07) is 8.35. The molecule has 180 valence electrons. The molecule has 0 bridgehead atoms. The van der Waals surface area contributed by atoms with Gasteiger partial charge in [0.05, 0.1) is 12.8 Å². The van der Waals surface area contributed by atoms with E-state index < -0.39 is 0 Å². The fourth-order valence-corrected chi connectivity index (χ4v) is 4.39. The number of ether oxygens (including phenoxy) is 2. The Bertz CT molecular complexity index is 896. The second-order valence-electron chi connectivity index (χ2n) is 8.94. The summed E-state index contributed by atoms with van der Waals surface area (Å²) in [6.07, 6.45) is 9.93. The molecule has 1 saturated heterocycles. The van der Waals surface area contributed by atoms with Crippen LogP contribution in [0.15, 0.2) is 30.3 Å². The quantitative estimate of drug-likeness (QED) is 0.295. The third-order valence-corrected chi connectivity index (χ3v) is 6.52. The summed E-state index contributed by atoms with van der Waals surface area (Å²) in [4.78, 5) is 11.2. The summed E-state index contributed by atoms with van der Waals surface area (Å²) in [5.74, 6) is 0.357. The minimum absolute atomic E-state index is 0.333. The number of nitrogens with zero attached hydrogens (tertiary/aromatic N) is 2. The van der Waals surface area contributed by atoms with E-state index in [2.05, 4.69) is 40.7 Å². The Morgan fingerprint density at radius 2 is 1.91 bits per heavy atom. The van der Waals surface area contributed by atoms with E-state index in [1.165, 1.54) is 35.7 Å². The van der Waals surface area contributed by atoms with Gasteiger partial charge in [-0.05, 0) is 94.1 Å². The van der Waals surface area contributed by atoms with Crippen LogP contribution in [0, 0.1) is 19.8 Å². The number of nitrogens with one attached hydrogen (secondary N) is 1. The molecule has 1 aromatic carbocycles. The number of methoxy groups -OCH3 is 1. The van der Waals surface area contributed by atoms with Crippen molar-refractivity contribution in [3.05, 3.63) is 58.4 Å². The topological polar surface area (TPSA) is 65.4 Å². The zero-order valence-corrected chi connectivity index (χ0v) is 20.4. The van der Waals surface area contributed by atoms with E-state index in [9.17, 15) is 4.79 Å². The molecule has 0 spiro atoms. The van der Waals surface area contributed by atoms with Gasteiger partial charge in [-0.25, -0.2) is 4.79 Å². The van der Waals surface area contributed by atoms with Gasteiger partial charge in [0.2, 0.25) is 0 Å². The first-order valence-corrected chi connectivity index (χ1v) is 12.2. The highest BCUT2D eigenvalue weighted by atomic mass is 16.5. The highest BCUT2D eigenvalue weighted by molar-refractivity contribution is 5.86. The minimum Gasteiger partial charge on any atom is -0.466 e. The van der Waals surface area contributed by atoms with E-state index in [0.717, 1.165) is 76.9 Å². The summed E-state index contributed by atoms with van der Waals surface area (Å²) < 4.78 is 12.3. The summed E-state index contributed by atoms with van der Waals surface area (Å²) in [5, 5.41) is 8.42. The molecule has 1 aromatic heterocycles. The van der Waals surface area contributed by atoms with Gasteiger partial charge in [0.15, 0.2) is 0 Å². The fourth-order valence-electron chi connectivity index (χ4n) is 4.39. The van der Waals surface area contributed by atoms with E-state index in [0.29, 0.717) is 5.92 Å². The van der Waals surface area contributed by atoms with Crippen molar-refractivity contribution in [2.75, 3.05) is 33.4 Å². The standard InChI is InChI=1S/C27H39N3O3/c1-21-26(22(2)30(29-21)20-25-14-18-33-19-15-25)13-17-28-16-5-4-6-23-7-9-24(10-8-23)11-12-27(31)32-3/h7-12,25,28H,4-6,13-20H2,1-3H3/b12-11+. The van der Waals surface area contributed by atoms with Crippen molar-refractivity contribution in [2.24, 2.45) is 5.92 Å². The lowest BCUT2D eigenvalue weighted by Crippen LogP contribution is -2.21. The second kappa shape index (κ2) is 13.3. The Hall–Kier alpha value is -2.44. The number of hydrogen-bond donors (Lipinski definition) is 1. The molecule has 0 amide bonds. The van der Waals surface area contributed by atoms with Crippen LogP contribution in [0.4, 0.5) is 0 Å². The summed E-state index contributed by atoms with van der Waals surface area (Å²) in [5.41, 5.74) is 6.23. The van der Waals surface area contributed by atoms with Crippen molar-refractivity contribution in [3.63, 3.8) is 0 Å². The van der Waals surface area contributed by atoms with Crippen LogP contribution >= 0.6 is 0 Å². The van der Waals surface area contributed by atoms with Crippen LogP contribution in [0.2, 0.25) is 0 Å². The van der Waals surface area contributed by atoms with Crippen molar-refractivity contribution < 1.29 is 14.3 Å². The third-order valence-electron chi connectivity index (χ3n) is 6.52. The molecule has 2 aromatic rings. The summed E-state index contributed by atoms with van der Waals surface area (Å²) >= 11 is 0. The number of aromatic nitrogens is 2. The highest BCUT2D eigenvalue weighted by Crippen LogP contribution is 2.20. The highest BCUT2D eigenvalue weighted by Gasteiger charge is 2.18. The smallest absolute Gasteiger partial charge is 0.330 e. The Balaban J connectivity index is 1.32. The molecule has 1 N–H and O–H groups in total. The summed E-state index contributed by atoms with van der Waals surface area (Å²) in [6.45, 7) is 9.18. The van der Waals surface area contributed by atoms with Gasteiger partial charge in [0, 0.05) is 31.5 Å². The number of carbonyl (C=O) groups excluding carboxylic acids is 1. The van der Waals surface area contributed by atoms with Gasteiger partial charge in [-0.1, -0.05) is 24.3 Å². The molecule has 0 radical (unpaired) electrons. The van der Waals surface area contributed by atoms with Gasteiger partial charge in [-0.3, -0.25) is 4.68 Å². The maximum absolute atomic E-state index is 11.2. The molecular formula is C27H39N3O3. The predicted octanol–water partition coefficient (Wildman–Crippen LogP) is 4.27. The lowest BCUT2D eigenvalue weighted by molar-refractivity contribution is -0.134. The lowest BCUT2D eigenvalue weighted by Gasteiger charge is -2.22. The van der Waals surface area contributed by atoms with Gasteiger partial charge < -0.3 is 14.8 Å². The van der Waals surface area contributed by atoms with Crippen LogP contribution in [0.3, 0.4) is 0 Å². The first kappa shape index (κ1) is 25.2. The first-order chi connectivity index (χ1) is 16.1. The van der Waals surface area contributed by atoms with E-state index in [4.69, 9.17) is 9.84 Å². The van der Waals surface area contributed by atoms with E-state index >= 15 is 0 Å². The van der Waals surface area contributed by atoms with Gasteiger partial charge >= 0.3 is 5.97 Å². The number of carbonyl (C=O) groups is 1. The molecule has 3 rings (SSSR count). The molecule has 1 fully saturated rings. The fraction of sp³-hybridized carbons (Fsp3) is 0.556. The molecule has 33 heavy (non-hydrogen) atoms. The number of hydrogen-bond acceptors (Lipinski definition) is 5. The number of esters is 1. The maximum atomic E-state index is 11.2. The monoisotopic (exact) mass is 453 g/mol. The van der Waals surface area contributed by atoms with E-state index in [-0.39, 0.29) is 5.97 Å². The molecule has 0 atom stereocenters. The normalized spacial score (nSPS) is 14.8. The van der Waals surface area contributed by atoms with Crippen molar-refractivity contribution in [2.45, 2.75) is 58.9 Å². The number of benzene rings is 1. The van der Waals surface area contributed by atoms with Gasteiger partial charge in [-0.15, -0.1) is 0 Å². The van der Waals surface area contributed by atoms with Crippen LogP contribution in [0.25, 0.3) is 6.08 Å². The van der Waals surface area contributed by atoms with Crippen molar-refractivity contribution in [1.29, 1.82) is 0 Å². The Kier molecular flexibility index (Phi) is 10.2. The van der Waals surface area contributed by atoms with Crippen LogP contribution in [-0.2, 0) is 33.7 Å². The summed E-state index contributed by atoms with van der Waals surface area (Å²) in [7, 11) is 1.38. The Labute approximate surface area is 198 Å². The Morgan fingerprint density at radius 1 is 1.15 bits per heavy atom. The molecule has 0 saturated carbocycles. The number of aryl methyl sites for hydroxylation is 2. The van der Waals surface area contributed by atoms with Crippen LogP contribution in [0.1, 0.15) is 53.8 Å². The second-order valence-corrected chi connectivity index (χ2v) is 8.94. The lowest BCUT2D eigenvalue weighted by atomic mass is 10.0. The molecule has 0 unspecified atom stereocenters. The first-order valence-electron chi connectivity index (χ1n) is 12.2. The van der Waals surface area contributed by atoms with E-state index in [1.54, 1.807) is 6.08 Å². The van der Waals surface area contributed by atoms with Crippen LogP contribution in [-0.4, -0.2) is 49.2 Å². The molecule has 0 aliphatic carbocycles. The van der Waals surface area contributed by atoms with Crippen LogP contribution in [0.5, 0.6) is 0 Å². The van der Waals surface area contributed by atoms with Crippen molar-refractivity contribution in [3.8, 4) is 0 Å². The number of unbranched alkanes of at least 4 members (excludes halogenated alkanes) is 1. The van der Waals surface area contributed by atoms with Crippen molar-refractivity contribution >= 4 is 12.0 Å². The molecule has 2 heterocycles. The maximum Gasteiger partial charge on any atom is 0.330 e. The molecule has 1 aliphatic heterocycles. The minimum atomic E-state index is -0.333. The number of rotatable bonds is 12. The molecule has 1 aliphatic rings. The van der Waals surface area contributed by atoms with Crippen molar-refractivity contribution in [1.82, 2.24) is 15.1 Å². The zero-order valence-electron chi connectivity index (χ0n) is 20.4. The van der Waals surface area contributed by atoms with Gasteiger partial charge in [-0.2, -0.15) is 5.10 Å².